The summed E-state index contributed by atoms with van der Waals surface area (Å²) in [6, 6.07) is 9.38. The van der Waals surface area contributed by atoms with Crippen molar-refractivity contribution >= 4 is 51.6 Å². The summed E-state index contributed by atoms with van der Waals surface area (Å²) in [5.41, 5.74) is 4.30. The molecule has 0 fully saturated rings. The lowest BCUT2D eigenvalue weighted by Crippen LogP contribution is -2.25. The fourth-order valence-corrected chi connectivity index (χ4v) is 4.36. The van der Waals surface area contributed by atoms with Crippen molar-refractivity contribution in [3.63, 3.8) is 0 Å². The molecule has 0 bridgehead atoms. The molecule has 0 aliphatic rings. The minimum atomic E-state index is -0.318. The average Bonchev–Trinajstić information content (AvgIpc) is 3.30. The van der Waals surface area contributed by atoms with Gasteiger partial charge in [-0.05, 0) is 31.0 Å². The number of anilines is 1. The lowest BCUT2D eigenvalue weighted by Gasteiger charge is -2.15. The molecule has 1 aromatic carbocycles. The summed E-state index contributed by atoms with van der Waals surface area (Å²) in [5, 5.41) is 12.8. The van der Waals surface area contributed by atoms with E-state index < -0.39 is 0 Å². The van der Waals surface area contributed by atoms with E-state index in [-0.39, 0.29) is 11.2 Å². The number of fused-ring (bicyclic) bond motifs is 3. The Balaban J connectivity index is 1.63. The molecule has 0 saturated heterocycles. The van der Waals surface area contributed by atoms with Crippen LogP contribution in [0.4, 0.5) is 5.69 Å². The van der Waals surface area contributed by atoms with Crippen LogP contribution in [0, 0.1) is 6.92 Å². The van der Waals surface area contributed by atoms with Gasteiger partial charge in [-0.3, -0.25) is 9.20 Å². The van der Waals surface area contributed by atoms with Gasteiger partial charge < -0.3 is 9.73 Å². The van der Waals surface area contributed by atoms with E-state index in [1.165, 1.54) is 11.8 Å². The number of aromatic nitrogens is 3. The summed E-state index contributed by atoms with van der Waals surface area (Å²) in [5.74, 6) is 0.764. The number of hydrogen-bond acceptors (Lipinski definition) is 5. The van der Waals surface area contributed by atoms with Crippen molar-refractivity contribution < 1.29 is 9.21 Å². The predicted octanol–water partition coefficient (Wildman–Crippen LogP) is 5.51. The Labute approximate surface area is 177 Å². The van der Waals surface area contributed by atoms with Gasteiger partial charge in [0.15, 0.2) is 5.58 Å². The molecule has 6 nitrogen and oxygen atoms in total. The molecule has 0 saturated carbocycles. The van der Waals surface area contributed by atoms with Crippen molar-refractivity contribution in [3.8, 4) is 0 Å². The molecule has 1 amide bonds. The molecule has 0 aliphatic heterocycles. The number of aryl methyl sites for hydroxylation is 2. The highest BCUT2D eigenvalue weighted by Gasteiger charge is 2.23. The highest BCUT2D eigenvalue weighted by atomic mass is 35.5. The fraction of sp³-hybridized carbons (Fsp3) is 0.286. The number of amides is 1. The quantitative estimate of drug-likeness (QED) is 0.410. The highest BCUT2D eigenvalue weighted by Crippen LogP contribution is 2.32. The Bertz CT molecular complexity index is 1200. The predicted molar refractivity (Wildman–Crippen MR) is 117 cm³/mol. The molecule has 29 heavy (non-hydrogen) atoms. The van der Waals surface area contributed by atoms with E-state index >= 15 is 0 Å². The number of halogens is 1. The zero-order valence-corrected chi connectivity index (χ0v) is 18.0. The Morgan fingerprint density at radius 3 is 2.79 bits per heavy atom. The van der Waals surface area contributed by atoms with Crippen LogP contribution in [0.2, 0.25) is 5.02 Å². The van der Waals surface area contributed by atoms with E-state index in [2.05, 4.69) is 19.9 Å². The molecule has 150 valence electrons. The van der Waals surface area contributed by atoms with Crippen LogP contribution in [0.1, 0.15) is 31.7 Å². The third-order valence-corrected chi connectivity index (χ3v) is 6.58. The van der Waals surface area contributed by atoms with Crippen LogP contribution in [-0.2, 0) is 11.2 Å². The minimum absolute atomic E-state index is 0.0906. The Morgan fingerprint density at radius 1 is 1.24 bits per heavy atom. The van der Waals surface area contributed by atoms with E-state index in [4.69, 9.17) is 16.0 Å². The third-order valence-electron chi connectivity index (χ3n) is 4.83. The fourth-order valence-electron chi connectivity index (χ4n) is 3.22. The number of rotatable bonds is 6. The molecule has 0 radical (unpaired) electrons. The van der Waals surface area contributed by atoms with Crippen LogP contribution in [-0.4, -0.2) is 25.8 Å². The summed E-state index contributed by atoms with van der Waals surface area (Å²) >= 11 is 7.59. The largest absolute Gasteiger partial charge is 0.463 e. The molecule has 1 atom stereocenters. The van der Waals surface area contributed by atoms with E-state index in [9.17, 15) is 4.79 Å². The van der Waals surface area contributed by atoms with E-state index in [1.807, 2.05) is 45.0 Å². The van der Waals surface area contributed by atoms with Gasteiger partial charge in [0.25, 0.3) is 0 Å². The van der Waals surface area contributed by atoms with E-state index in [1.54, 1.807) is 12.3 Å². The van der Waals surface area contributed by atoms with Crippen LogP contribution in [0.15, 0.2) is 46.0 Å². The second-order valence-corrected chi connectivity index (χ2v) is 8.38. The van der Waals surface area contributed by atoms with Gasteiger partial charge in [-0.1, -0.05) is 43.3 Å². The number of benzene rings is 1. The molecule has 0 aliphatic carbocycles. The van der Waals surface area contributed by atoms with Gasteiger partial charge in [-0.15, -0.1) is 10.2 Å². The molecule has 0 unspecified atom stereocenters. The maximum absolute atomic E-state index is 12.9. The van der Waals surface area contributed by atoms with Gasteiger partial charge in [-0.2, -0.15) is 0 Å². The van der Waals surface area contributed by atoms with Gasteiger partial charge in [0.05, 0.1) is 22.5 Å². The zero-order valence-electron chi connectivity index (χ0n) is 16.4. The summed E-state index contributed by atoms with van der Waals surface area (Å²) in [4.78, 5) is 12.9. The molecule has 3 aromatic heterocycles. The monoisotopic (exact) mass is 428 g/mol. The number of hydrogen-bond donors (Lipinski definition) is 1. The number of furan rings is 1. The van der Waals surface area contributed by atoms with Gasteiger partial charge in [0, 0.05) is 29.3 Å². The maximum Gasteiger partial charge on any atom is 0.237 e. The van der Waals surface area contributed by atoms with Crippen molar-refractivity contribution in [2.45, 2.75) is 43.9 Å². The molecule has 4 rings (SSSR count). The summed E-state index contributed by atoms with van der Waals surface area (Å²) in [6.07, 6.45) is 3.06. The van der Waals surface area contributed by atoms with Crippen molar-refractivity contribution in [3.05, 3.63) is 53.0 Å². The summed E-state index contributed by atoms with van der Waals surface area (Å²) < 4.78 is 7.61. The molecule has 4 aromatic rings. The number of carbonyl (C=O) groups is 1. The van der Waals surface area contributed by atoms with Gasteiger partial charge in [-0.25, -0.2) is 0 Å². The smallest absolute Gasteiger partial charge is 0.237 e. The zero-order chi connectivity index (χ0) is 20.5. The van der Waals surface area contributed by atoms with Crippen molar-refractivity contribution in [1.29, 1.82) is 0 Å². The number of thioether (sulfide) groups is 1. The molecule has 0 spiro atoms. The number of carbonyl (C=O) groups excluding carboxylic acids is 1. The lowest BCUT2D eigenvalue weighted by atomic mass is 10.2. The first kappa shape index (κ1) is 19.8. The first-order valence-electron chi connectivity index (χ1n) is 9.49. The van der Waals surface area contributed by atoms with Gasteiger partial charge in [0.1, 0.15) is 10.9 Å². The second-order valence-electron chi connectivity index (χ2n) is 6.78. The van der Waals surface area contributed by atoms with Crippen LogP contribution in [0.25, 0.3) is 16.6 Å². The normalized spacial score (nSPS) is 12.6. The topological polar surface area (TPSA) is 72.4 Å². The summed E-state index contributed by atoms with van der Waals surface area (Å²) in [7, 11) is 0. The highest BCUT2D eigenvalue weighted by molar-refractivity contribution is 8.00. The Kier molecular flexibility index (Phi) is 5.52. The van der Waals surface area contributed by atoms with Crippen LogP contribution >= 0.6 is 23.4 Å². The molecular formula is C21H21ClN4O2S. The Hall–Kier alpha value is -2.51. The van der Waals surface area contributed by atoms with Crippen LogP contribution in [0.3, 0.4) is 0 Å². The summed E-state index contributed by atoms with van der Waals surface area (Å²) in [6.45, 7) is 5.95. The Morgan fingerprint density at radius 2 is 2.07 bits per heavy atom. The molecule has 8 heteroatoms. The molecule has 1 N–H and O–H groups in total. The molecular weight excluding hydrogens is 408 g/mol. The maximum atomic E-state index is 12.9. The van der Waals surface area contributed by atoms with Crippen molar-refractivity contribution in [2.24, 2.45) is 0 Å². The van der Waals surface area contributed by atoms with Crippen molar-refractivity contribution in [1.82, 2.24) is 14.6 Å². The second kappa shape index (κ2) is 8.08. The molecule has 3 heterocycles. The van der Waals surface area contributed by atoms with Gasteiger partial charge in [0.2, 0.25) is 5.91 Å². The van der Waals surface area contributed by atoms with Crippen molar-refractivity contribution in [2.75, 3.05) is 5.32 Å². The SMILES string of the molecule is CCc1nnc(S[C@H](CC)C(=O)Nc2ccc(C)c(Cl)c2)c2cc3occc3n12. The number of nitrogens with zero attached hydrogens (tertiary/aromatic N) is 3. The first-order valence-corrected chi connectivity index (χ1v) is 10.8. The number of nitrogens with one attached hydrogen (secondary N) is 1. The standard InChI is InChI=1S/C21H21ClN4O2S/c1-4-18(20(27)23-13-7-6-12(3)14(22)10-13)29-21-16-11-17-15(8-9-28-17)26(16)19(5-2)24-25-21/h6-11,18H,4-5H2,1-3H3,(H,23,27)/t18-/m1/s1. The third kappa shape index (κ3) is 3.72. The van der Waals surface area contributed by atoms with Crippen LogP contribution < -0.4 is 5.32 Å². The van der Waals surface area contributed by atoms with Crippen LogP contribution in [0.5, 0.6) is 0 Å². The van der Waals surface area contributed by atoms with E-state index in [0.717, 1.165) is 34.4 Å². The van der Waals surface area contributed by atoms with E-state index in [0.29, 0.717) is 22.2 Å². The lowest BCUT2D eigenvalue weighted by molar-refractivity contribution is -0.115. The van der Waals surface area contributed by atoms with Gasteiger partial charge >= 0.3 is 0 Å². The minimum Gasteiger partial charge on any atom is -0.463 e. The average molecular weight is 429 g/mol. The first-order chi connectivity index (χ1) is 14.0.